The number of aliphatic hydroxyl groups excluding tert-OH is 1. The van der Waals surface area contributed by atoms with Crippen LogP contribution in [-0.4, -0.2) is 70.3 Å². The predicted molar refractivity (Wildman–Crippen MR) is 101 cm³/mol. The molecule has 146 valence electrons. The van der Waals surface area contributed by atoms with E-state index < -0.39 is 6.10 Å². The third kappa shape index (κ3) is 3.93. The number of nitrogens with one attached hydrogen (secondary N) is 1. The molecule has 4 rings (SSSR count). The van der Waals surface area contributed by atoms with E-state index in [9.17, 15) is 5.11 Å². The highest BCUT2D eigenvalue weighted by atomic mass is 16.7. The summed E-state index contributed by atoms with van der Waals surface area (Å²) in [6.07, 6.45) is 3.58. The zero-order chi connectivity index (χ0) is 18.8. The lowest BCUT2D eigenvalue weighted by Gasteiger charge is -2.42. The zero-order valence-electron chi connectivity index (χ0n) is 15.9. The van der Waals surface area contributed by atoms with E-state index in [-0.39, 0.29) is 24.5 Å². The summed E-state index contributed by atoms with van der Waals surface area (Å²) in [7, 11) is 4.03. The van der Waals surface area contributed by atoms with Gasteiger partial charge in [0.05, 0.1) is 24.8 Å². The average Bonchev–Trinajstić information content (AvgIpc) is 3.28. The van der Waals surface area contributed by atoms with Crippen LogP contribution in [0.3, 0.4) is 0 Å². The van der Waals surface area contributed by atoms with Gasteiger partial charge >= 0.3 is 0 Å². The monoisotopic (exact) mass is 372 g/mol. The van der Waals surface area contributed by atoms with Crippen LogP contribution in [0, 0.1) is 0 Å². The Balaban J connectivity index is 1.40. The lowest BCUT2D eigenvalue weighted by atomic mass is 9.94. The second-order valence-corrected chi connectivity index (χ2v) is 7.43. The van der Waals surface area contributed by atoms with Gasteiger partial charge in [-0.2, -0.15) is 0 Å². The quantitative estimate of drug-likeness (QED) is 0.739. The van der Waals surface area contributed by atoms with Crippen LogP contribution >= 0.6 is 0 Å². The molecule has 2 fully saturated rings. The fraction of sp³-hybridized carbons (Fsp3) is 0.550. The summed E-state index contributed by atoms with van der Waals surface area (Å²) in [5.41, 5.74) is 2.21. The highest BCUT2D eigenvalue weighted by Gasteiger charge is 2.51. The number of aliphatic hydroxyl groups is 1. The summed E-state index contributed by atoms with van der Waals surface area (Å²) in [5, 5.41) is 14.6. The smallest absolute Gasteiger partial charge is 0.176 e. The van der Waals surface area contributed by atoms with Crippen molar-refractivity contribution in [1.82, 2.24) is 19.8 Å². The first kappa shape index (κ1) is 18.6. The van der Waals surface area contributed by atoms with Gasteiger partial charge in [-0.15, -0.1) is 0 Å². The van der Waals surface area contributed by atoms with Crippen molar-refractivity contribution in [1.29, 1.82) is 0 Å². The number of pyridine rings is 1. The average molecular weight is 372 g/mol. The molecule has 2 saturated heterocycles. The van der Waals surface area contributed by atoms with Crippen LogP contribution in [0.15, 0.2) is 42.7 Å². The third-order valence-electron chi connectivity index (χ3n) is 5.66. The summed E-state index contributed by atoms with van der Waals surface area (Å²) in [5.74, 6) is 0. The van der Waals surface area contributed by atoms with Crippen molar-refractivity contribution in [3.05, 3.63) is 54.1 Å². The van der Waals surface area contributed by atoms with Crippen molar-refractivity contribution in [3.63, 3.8) is 0 Å². The van der Waals surface area contributed by atoms with Crippen LogP contribution < -0.4 is 5.32 Å². The number of aromatic nitrogens is 2. The molecule has 0 amide bonds. The molecule has 0 unspecified atom stereocenters. The van der Waals surface area contributed by atoms with Gasteiger partial charge in [-0.05, 0) is 31.3 Å². The Labute approximate surface area is 159 Å². The number of hydrogen-bond donors (Lipinski definition) is 2. The molecule has 2 aromatic rings. The van der Waals surface area contributed by atoms with Crippen LogP contribution in [-0.2, 0) is 29.5 Å². The van der Waals surface area contributed by atoms with Gasteiger partial charge in [0.25, 0.3) is 0 Å². The molecule has 0 aromatic carbocycles. The van der Waals surface area contributed by atoms with E-state index in [2.05, 4.69) is 25.8 Å². The van der Waals surface area contributed by atoms with Gasteiger partial charge in [-0.1, -0.05) is 6.07 Å². The van der Waals surface area contributed by atoms with E-state index in [1.54, 1.807) is 0 Å². The van der Waals surface area contributed by atoms with Gasteiger partial charge in [0.2, 0.25) is 0 Å². The molecule has 0 aliphatic carbocycles. The maximum Gasteiger partial charge on any atom is 0.176 e. The lowest BCUT2D eigenvalue weighted by Crippen LogP contribution is -2.63. The van der Waals surface area contributed by atoms with Crippen LogP contribution in [0.5, 0.6) is 0 Å². The topological polar surface area (TPSA) is 71.8 Å². The number of aryl methyl sites for hydroxylation is 1. The summed E-state index contributed by atoms with van der Waals surface area (Å²) in [6, 6.07) is 9.66. The van der Waals surface area contributed by atoms with E-state index in [1.165, 1.54) is 5.69 Å². The molecule has 7 heteroatoms. The molecule has 2 bridgehead atoms. The third-order valence-corrected chi connectivity index (χ3v) is 5.66. The minimum absolute atomic E-state index is 0.120. The first-order valence-corrected chi connectivity index (χ1v) is 9.52. The standard InChI is InChI=1S/C20H28N4O3/c1-23-10-5-7-15(23)12-22-17-16-13-26-20(27-16)18(19(17)25)24(2)11-8-14-6-3-4-9-21-14/h3-7,9-10,16-20,22,25H,8,11-13H2,1-2H3/t16-,17-,18+,19-,20+/m0/s1. The van der Waals surface area contributed by atoms with Gasteiger partial charge in [-0.25, -0.2) is 0 Å². The van der Waals surface area contributed by atoms with Crippen molar-refractivity contribution in [2.45, 2.75) is 43.5 Å². The molecule has 4 heterocycles. The van der Waals surface area contributed by atoms with Crippen molar-refractivity contribution in [3.8, 4) is 0 Å². The molecule has 2 N–H and O–H groups in total. The molecular weight excluding hydrogens is 344 g/mol. The molecule has 2 aliphatic heterocycles. The van der Waals surface area contributed by atoms with Gasteiger partial charge in [0.1, 0.15) is 6.10 Å². The molecule has 2 aromatic heterocycles. The Hall–Kier alpha value is -1.77. The van der Waals surface area contributed by atoms with Gasteiger partial charge in [0.15, 0.2) is 6.29 Å². The van der Waals surface area contributed by atoms with E-state index >= 15 is 0 Å². The zero-order valence-corrected chi connectivity index (χ0v) is 15.9. The van der Waals surface area contributed by atoms with E-state index in [0.717, 1.165) is 18.7 Å². The molecule has 0 radical (unpaired) electrons. The molecular formula is C20H28N4O3. The minimum atomic E-state index is -0.565. The number of nitrogens with zero attached hydrogens (tertiary/aromatic N) is 3. The first-order chi connectivity index (χ1) is 13.1. The van der Waals surface area contributed by atoms with E-state index in [1.807, 2.05) is 50.8 Å². The SMILES string of the molecule is CN(CCc1ccccn1)[C@H]1[C@@H]2OC[C@H](O2)[C@H](NCc2cccn2C)[C@@H]1O. The Morgan fingerprint density at radius 1 is 1.33 bits per heavy atom. The second kappa shape index (κ2) is 8.08. The van der Waals surface area contributed by atoms with Crippen molar-refractivity contribution < 1.29 is 14.6 Å². The number of hydrogen-bond acceptors (Lipinski definition) is 6. The lowest BCUT2D eigenvalue weighted by molar-refractivity contribution is -0.178. The minimum Gasteiger partial charge on any atom is -0.390 e. The predicted octanol–water partition coefficient (Wildman–Crippen LogP) is 0.537. The Bertz CT molecular complexity index is 738. The summed E-state index contributed by atoms with van der Waals surface area (Å²) >= 11 is 0. The Kier molecular flexibility index (Phi) is 5.56. The van der Waals surface area contributed by atoms with Crippen molar-refractivity contribution in [2.75, 3.05) is 20.2 Å². The van der Waals surface area contributed by atoms with Gasteiger partial charge in [0, 0.05) is 50.3 Å². The highest BCUT2D eigenvalue weighted by Crippen LogP contribution is 2.31. The molecule has 27 heavy (non-hydrogen) atoms. The number of rotatable bonds is 7. The van der Waals surface area contributed by atoms with E-state index in [4.69, 9.17) is 9.47 Å². The number of likely N-dealkylation sites (N-methyl/N-ethyl adjacent to an activating group) is 1. The van der Waals surface area contributed by atoms with Gasteiger partial charge in [-0.3, -0.25) is 9.88 Å². The maximum atomic E-state index is 11.1. The van der Waals surface area contributed by atoms with Gasteiger partial charge < -0.3 is 24.5 Å². The molecule has 0 spiro atoms. The second-order valence-electron chi connectivity index (χ2n) is 7.43. The number of ether oxygens (including phenoxy) is 2. The molecule has 0 saturated carbocycles. The van der Waals surface area contributed by atoms with Crippen LogP contribution in [0.2, 0.25) is 0 Å². The van der Waals surface area contributed by atoms with Crippen LogP contribution in [0.25, 0.3) is 0 Å². The fourth-order valence-electron chi connectivity index (χ4n) is 4.01. The molecule has 2 aliphatic rings. The number of fused-ring (bicyclic) bond motifs is 2. The molecule has 7 nitrogen and oxygen atoms in total. The first-order valence-electron chi connectivity index (χ1n) is 9.52. The molecule has 5 atom stereocenters. The van der Waals surface area contributed by atoms with Crippen molar-refractivity contribution in [2.24, 2.45) is 7.05 Å². The largest absolute Gasteiger partial charge is 0.390 e. The Morgan fingerprint density at radius 3 is 2.96 bits per heavy atom. The van der Waals surface area contributed by atoms with Crippen LogP contribution in [0.4, 0.5) is 0 Å². The van der Waals surface area contributed by atoms with Crippen molar-refractivity contribution >= 4 is 0 Å². The summed E-state index contributed by atoms with van der Waals surface area (Å²) < 4.78 is 14.0. The highest BCUT2D eigenvalue weighted by molar-refractivity contribution is 5.08. The maximum absolute atomic E-state index is 11.1. The fourth-order valence-corrected chi connectivity index (χ4v) is 4.01. The van der Waals surface area contributed by atoms with Crippen LogP contribution in [0.1, 0.15) is 11.4 Å². The summed E-state index contributed by atoms with van der Waals surface area (Å²) in [4.78, 5) is 6.50. The normalized spacial score (nSPS) is 30.1. The summed E-state index contributed by atoms with van der Waals surface area (Å²) in [6.45, 7) is 1.97. The Morgan fingerprint density at radius 2 is 2.22 bits per heavy atom. The van der Waals surface area contributed by atoms with E-state index in [0.29, 0.717) is 13.2 Å².